The minimum absolute atomic E-state index is 0.0666. The number of hydrogen-bond acceptors (Lipinski definition) is 2. The Labute approximate surface area is 66.0 Å². The van der Waals surface area contributed by atoms with Gasteiger partial charge in [-0.15, -0.1) is 11.8 Å². The van der Waals surface area contributed by atoms with Gasteiger partial charge in [0.05, 0.1) is 4.87 Å². The second-order valence-electron chi connectivity index (χ2n) is 2.83. The average Bonchev–Trinajstić information content (AvgIpc) is 2.19. The van der Waals surface area contributed by atoms with E-state index in [-0.39, 0.29) is 10.8 Å². The van der Waals surface area contributed by atoms with Crippen LogP contribution in [-0.4, -0.2) is 29.0 Å². The van der Waals surface area contributed by atoms with Gasteiger partial charge in [-0.3, -0.25) is 4.79 Å². The van der Waals surface area contributed by atoms with Crippen molar-refractivity contribution in [3.8, 4) is 0 Å². The molecule has 0 aliphatic carbocycles. The van der Waals surface area contributed by atoms with Crippen LogP contribution in [0.1, 0.15) is 19.8 Å². The molecule has 1 amide bonds. The lowest BCUT2D eigenvalue weighted by atomic mass is 10.2. The van der Waals surface area contributed by atoms with Crippen molar-refractivity contribution in [1.82, 2.24) is 4.90 Å². The van der Waals surface area contributed by atoms with Gasteiger partial charge in [0.1, 0.15) is 0 Å². The van der Waals surface area contributed by atoms with Gasteiger partial charge in [-0.2, -0.15) is 0 Å². The first-order chi connectivity index (χ1) is 4.60. The molecule has 0 aromatic rings. The highest BCUT2D eigenvalue weighted by molar-refractivity contribution is 7.99. The van der Waals surface area contributed by atoms with E-state index in [0.717, 1.165) is 6.42 Å². The summed E-state index contributed by atoms with van der Waals surface area (Å²) in [6, 6.07) is 0. The van der Waals surface area contributed by atoms with Crippen molar-refractivity contribution < 1.29 is 4.79 Å². The van der Waals surface area contributed by atoms with Crippen molar-refractivity contribution >= 4 is 17.7 Å². The molecule has 0 N–H and O–H groups in total. The third-order valence-electron chi connectivity index (χ3n) is 2.33. The molecular formula is C7H13NOS. The second-order valence-corrected chi connectivity index (χ2v) is 4.12. The van der Waals surface area contributed by atoms with Crippen LogP contribution in [0.2, 0.25) is 0 Å². The highest BCUT2D eigenvalue weighted by Crippen LogP contribution is 2.36. The Morgan fingerprint density at radius 1 is 1.70 bits per heavy atom. The van der Waals surface area contributed by atoms with Crippen LogP contribution in [-0.2, 0) is 4.79 Å². The Hall–Kier alpha value is -0.180. The van der Waals surface area contributed by atoms with Crippen molar-refractivity contribution in [2.45, 2.75) is 24.6 Å². The monoisotopic (exact) mass is 159 g/mol. The molecule has 0 aromatic carbocycles. The Balaban J connectivity index is 2.73. The van der Waals surface area contributed by atoms with Crippen LogP contribution < -0.4 is 0 Å². The number of carbonyl (C=O) groups excluding carboxylic acids is 1. The molecule has 0 spiro atoms. The second kappa shape index (κ2) is 2.46. The molecule has 10 heavy (non-hydrogen) atoms. The van der Waals surface area contributed by atoms with E-state index in [1.54, 1.807) is 11.8 Å². The first-order valence-electron chi connectivity index (χ1n) is 3.42. The zero-order chi connectivity index (χ0) is 7.78. The van der Waals surface area contributed by atoms with Gasteiger partial charge in [0, 0.05) is 13.5 Å². The minimum Gasteiger partial charge on any atom is -0.331 e. The molecule has 1 aliphatic rings. The van der Waals surface area contributed by atoms with E-state index in [1.165, 1.54) is 0 Å². The highest BCUT2D eigenvalue weighted by Gasteiger charge is 2.37. The fourth-order valence-corrected chi connectivity index (χ4v) is 1.86. The van der Waals surface area contributed by atoms with Crippen LogP contribution in [0.3, 0.4) is 0 Å². The highest BCUT2D eigenvalue weighted by atomic mass is 32.2. The molecule has 1 heterocycles. The quantitative estimate of drug-likeness (QED) is 0.575. The summed E-state index contributed by atoms with van der Waals surface area (Å²) < 4.78 is 0. The van der Waals surface area contributed by atoms with Gasteiger partial charge in [0.2, 0.25) is 5.91 Å². The smallest absolute Gasteiger partial charge is 0.223 e. The minimum atomic E-state index is 0.0666. The van der Waals surface area contributed by atoms with E-state index in [0.29, 0.717) is 6.42 Å². The number of thioether (sulfide) groups is 1. The van der Waals surface area contributed by atoms with Crippen molar-refractivity contribution in [3.05, 3.63) is 0 Å². The molecule has 1 unspecified atom stereocenters. The summed E-state index contributed by atoms with van der Waals surface area (Å²) in [5, 5.41) is 0. The number of hydrogen-bond donors (Lipinski definition) is 0. The predicted molar refractivity (Wildman–Crippen MR) is 43.9 cm³/mol. The van der Waals surface area contributed by atoms with Crippen LogP contribution in [0.5, 0.6) is 0 Å². The fourth-order valence-electron chi connectivity index (χ4n) is 1.18. The summed E-state index contributed by atoms with van der Waals surface area (Å²) in [6.07, 6.45) is 3.76. The normalized spacial score (nSPS) is 33.5. The number of amides is 1. The van der Waals surface area contributed by atoms with E-state index < -0.39 is 0 Å². The fraction of sp³-hybridized carbons (Fsp3) is 0.857. The zero-order valence-electron chi connectivity index (χ0n) is 6.68. The van der Waals surface area contributed by atoms with Gasteiger partial charge < -0.3 is 4.90 Å². The van der Waals surface area contributed by atoms with E-state index in [2.05, 4.69) is 13.2 Å². The maximum Gasteiger partial charge on any atom is 0.223 e. The molecule has 0 bridgehead atoms. The standard InChI is InChI=1S/C7H13NOS/c1-7(10-3)5-4-6(9)8(7)2/h4-5H2,1-3H3. The molecule has 3 heteroatoms. The number of likely N-dealkylation sites (tertiary alicyclic amines) is 1. The topological polar surface area (TPSA) is 20.3 Å². The summed E-state index contributed by atoms with van der Waals surface area (Å²) in [5.74, 6) is 0.275. The molecule has 0 saturated carbocycles. The first kappa shape index (κ1) is 7.92. The molecule has 1 fully saturated rings. The predicted octanol–water partition coefficient (Wildman–Crippen LogP) is 1.32. The summed E-state index contributed by atoms with van der Waals surface area (Å²) in [4.78, 5) is 13.0. The lowest BCUT2D eigenvalue weighted by molar-refractivity contribution is -0.127. The Kier molecular flexibility index (Phi) is 1.95. The Morgan fingerprint density at radius 3 is 2.50 bits per heavy atom. The van der Waals surface area contributed by atoms with Gasteiger partial charge in [0.15, 0.2) is 0 Å². The van der Waals surface area contributed by atoms with E-state index >= 15 is 0 Å². The molecule has 2 nitrogen and oxygen atoms in total. The molecule has 0 aromatic heterocycles. The van der Waals surface area contributed by atoms with Crippen LogP contribution in [0.4, 0.5) is 0 Å². The lowest BCUT2D eigenvalue weighted by Gasteiger charge is -2.29. The molecule has 1 saturated heterocycles. The van der Waals surface area contributed by atoms with Crippen LogP contribution >= 0.6 is 11.8 Å². The van der Waals surface area contributed by atoms with Gasteiger partial charge in [-0.1, -0.05) is 0 Å². The van der Waals surface area contributed by atoms with E-state index in [9.17, 15) is 4.79 Å². The van der Waals surface area contributed by atoms with Gasteiger partial charge in [0.25, 0.3) is 0 Å². The van der Waals surface area contributed by atoms with Crippen molar-refractivity contribution in [1.29, 1.82) is 0 Å². The van der Waals surface area contributed by atoms with E-state index in [1.807, 2.05) is 11.9 Å². The molecular weight excluding hydrogens is 146 g/mol. The molecule has 1 aliphatic heterocycles. The Morgan fingerprint density at radius 2 is 2.30 bits per heavy atom. The zero-order valence-corrected chi connectivity index (χ0v) is 7.49. The summed E-state index contributed by atoms with van der Waals surface area (Å²) >= 11 is 1.75. The third kappa shape index (κ3) is 1.03. The van der Waals surface area contributed by atoms with Gasteiger partial charge in [-0.05, 0) is 19.6 Å². The van der Waals surface area contributed by atoms with Crippen molar-refractivity contribution in [2.75, 3.05) is 13.3 Å². The SMILES string of the molecule is CSC1(C)CCC(=O)N1C. The third-order valence-corrected chi connectivity index (χ3v) is 3.68. The molecule has 0 radical (unpaired) electrons. The number of carbonyl (C=O) groups is 1. The number of rotatable bonds is 1. The molecule has 58 valence electrons. The summed E-state index contributed by atoms with van der Waals surface area (Å²) in [6.45, 7) is 2.11. The van der Waals surface area contributed by atoms with Crippen LogP contribution in [0, 0.1) is 0 Å². The molecule has 1 atom stereocenters. The van der Waals surface area contributed by atoms with Gasteiger partial charge >= 0.3 is 0 Å². The maximum atomic E-state index is 11.1. The van der Waals surface area contributed by atoms with Gasteiger partial charge in [-0.25, -0.2) is 0 Å². The van der Waals surface area contributed by atoms with Crippen LogP contribution in [0.25, 0.3) is 0 Å². The molecule has 1 rings (SSSR count). The summed E-state index contributed by atoms with van der Waals surface area (Å²) in [7, 11) is 1.88. The maximum absolute atomic E-state index is 11.1. The Bertz CT molecular complexity index is 160. The van der Waals surface area contributed by atoms with Crippen molar-refractivity contribution in [3.63, 3.8) is 0 Å². The first-order valence-corrected chi connectivity index (χ1v) is 4.64. The largest absolute Gasteiger partial charge is 0.331 e. The average molecular weight is 159 g/mol. The number of nitrogens with zero attached hydrogens (tertiary/aromatic N) is 1. The van der Waals surface area contributed by atoms with E-state index in [4.69, 9.17) is 0 Å². The summed E-state index contributed by atoms with van der Waals surface area (Å²) in [5.41, 5.74) is 0. The van der Waals surface area contributed by atoms with Crippen LogP contribution in [0.15, 0.2) is 0 Å². The lowest BCUT2D eigenvalue weighted by Crippen LogP contribution is -2.36. The van der Waals surface area contributed by atoms with Crippen molar-refractivity contribution in [2.24, 2.45) is 0 Å².